The number of amides is 3. The molecule has 2 aromatic heterocycles. The molecule has 3 amide bonds. The van der Waals surface area contributed by atoms with Crippen LogP contribution in [0.5, 0.6) is 0 Å². The van der Waals surface area contributed by atoms with E-state index in [1.807, 2.05) is 17.5 Å². The fraction of sp³-hybridized carbons (Fsp3) is 0.565. The molecule has 4 aliphatic carbocycles. The zero-order valence-electron chi connectivity index (χ0n) is 17.6. The average molecular weight is 440 g/mol. The molecule has 0 unspecified atom stereocenters. The summed E-state index contributed by atoms with van der Waals surface area (Å²) in [6.45, 7) is 0.734. The van der Waals surface area contributed by atoms with Gasteiger partial charge in [-0.15, -0.1) is 11.3 Å². The number of carbonyl (C=O) groups excluding carboxylic acids is 2. The maximum Gasteiger partial charge on any atom is 0.315 e. The van der Waals surface area contributed by atoms with E-state index in [9.17, 15) is 9.59 Å². The molecule has 3 N–H and O–H groups in total. The van der Waals surface area contributed by atoms with Crippen LogP contribution in [-0.4, -0.2) is 34.0 Å². The van der Waals surface area contributed by atoms with Gasteiger partial charge >= 0.3 is 6.03 Å². The van der Waals surface area contributed by atoms with Crippen molar-refractivity contribution in [3.63, 3.8) is 0 Å². The lowest BCUT2D eigenvalue weighted by molar-refractivity contribution is -0.121. The molecule has 8 heteroatoms. The van der Waals surface area contributed by atoms with E-state index in [0.717, 1.165) is 53.3 Å². The fourth-order valence-electron chi connectivity index (χ4n) is 6.15. The number of pyridine rings is 1. The lowest BCUT2D eigenvalue weighted by Gasteiger charge is -2.56. The normalized spacial score (nSPS) is 28.3. The minimum atomic E-state index is -0.128. The van der Waals surface area contributed by atoms with Crippen molar-refractivity contribution in [2.75, 3.05) is 6.54 Å². The number of hydrogen-bond acceptors (Lipinski definition) is 5. The monoisotopic (exact) mass is 439 g/mol. The second kappa shape index (κ2) is 8.57. The molecule has 4 fully saturated rings. The second-order valence-electron chi connectivity index (χ2n) is 9.47. The van der Waals surface area contributed by atoms with Gasteiger partial charge in [-0.1, -0.05) is 0 Å². The molecule has 0 aromatic carbocycles. The van der Waals surface area contributed by atoms with Crippen LogP contribution < -0.4 is 16.0 Å². The number of hydrogen-bond donors (Lipinski definition) is 3. The zero-order valence-corrected chi connectivity index (χ0v) is 18.4. The predicted molar refractivity (Wildman–Crippen MR) is 119 cm³/mol. The van der Waals surface area contributed by atoms with Gasteiger partial charge in [-0.3, -0.25) is 9.78 Å². The summed E-state index contributed by atoms with van der Waals surface area (Å²) >= 11 is 1.52. The third kappa shape index (κ3) is 4.74. The van der Waals surface area contributed by atoms with Crippen LogP contribution in [0.1, 0.15) is 50.0 Å². The number of rotatable bonds is 7. The predicted octanol–water partition coefficient (Wildman–Crippen LogP) is 3.48. The number of urea groups is 1. The van der Waals surface area contributed by atoms with Crippen LogP contribution in [0.3, 0.4) is 0 Å². The van der Waals surface area contributed by atoms with Crippen molar-refractivity contribution >= 4 is 23.3 Å². The lowest BCUT2D eigenvalue weighted by Crippen LogP contribution is -2.61. The molecule has 2 heterocycles. The van der Waals surface area contributed by atoms with Crippen molar-refractivity contribution in [3.05, 3.63) is 34.9 Å². The molecule has 6 rings (SSSR count). The minimum absolute atomic E-state index is 0.00153. The molecule has 0 radical (unpaired) electrons. The number of nitrogens with one attached hydrogen (secondary N) is 3. The van der Waals surface area contributed by atoms with Gasteiger partial charge in [0.2, 0.25) is 5.91 Å². The highest BCUT2D eigenvalue weighted by Crippen LogP contribution is 2.55. The molecular formula is C23H29N5O2S. The van der Waals surface area contributed by atoms with Crippen LogP contribution in [0.15, 0.2) is 29.9 Å². The molecule has 2 aromatic rings. The molecular weight excluding hydrogens is 410 g/mol. The number of nitrogens with zero attached hydrogens (tertiary/aromatic N) is 2. The highest BCUT2D eigenvalue weighted by atomic mass is 32.1. The Morgan fingerprint density at radius 1 is 1.03 bits per heavy atom. The van der Waals surface area contributed by atoms with Gasteiger partial charge in [0.05, 0.1) is 12.2 Å². The summed E-state index contributed by atoms with van der Waals surface area (Å²) < 4.78 is 0. The second-order valence-corrected chi connectivity index (χ2v) is 10.4. The minimum Gasteiger partial charge on any atom is -0.350 e. The van der Waals surface area contributed by atoms with Crippen LogP contribution in [0.2, 0.25) is 0 Å². The maximum atomic E-state index is 12.5. The standard InChI is InChI=1S/C23H29N5O2S/c29-20(26-13-21-27-19(14-31-21)18-1-4-24-5-2-18)3-6-25-22(30)28-23-10-15-7-16(11-23)9-17(8-15)12-23/h1-2,4-5,14-17H,3,6-13H2,(H,26,29)(H2,25,28,30). The Morgan fingerprint density at radius 2 is 1.71 bits per heavy atom. The van der Waals surface area contributed by atoms with Crippen LogP contribution in [0, 0.1) is 17.8 Å². The Labute approximate surface area is 186 Å². The summed E-state index contributed by atoms with van der Waals surface area (Å²) in [5, 5.41) is 11.9. The SMILES string of the molecule is O=C(CCNC(=O)NC12CC3CC(CC(C3)C1)C2)NCc1nc(-c2ccncc2)cs1. The van der Waals surface area contributed by atoms with Gasteiger partial charge < -0.3 is 16.0 Å². The molecule has 7 nitrogen and oxygen atoms in total. The number of aromatic nitrogens is 2. The molecule has 0 aliphatic heterocycles. The number of thiazole rings is 1. The van der Waals surface area contributed by atoms with E-state index < -0.39 is 0 Å². The van der Waals surface area contributed by atoms with Gasteiger partial charge in [-0.25, -0.2) is 9.78 Å². The summed E-state index contributed by atoms with van der Waals surface area (Å²) in [4.78, 5) is 33.2. The molecule has 0 saturated heterocycles. The van der Waals surface area contributed by atoms with E-state index in [2.05, 4.69) is 25.9 Å². The van der Waals surface area contributed by atoms with E-state index in [-0.39, 0.29) is 23.9 Å². The molecule has 164 valence electrons. The van der Waals surface area contributed by atoms with Gasteiger partial charge in [-0.05, 0) is 68.4 Å². The first-order valence-electron chi connectivity index (χ1n) is 11.2. The maximum absolute atomic E-state index is 12.5. The Kier molecular flexibility index (Phi) is 5.65. The highest BCUT2D eigenvalue weighted by Gasteiger charge is 2.51. The Morgan fingerprint density at radius 3 is 2.39 bits per heavy atom. The van der Waals surface area contributed by atoms with Crippen LogP contribution in [-0.2, 0) is 11.3 Å². The van der Waals surface area contributed by atoms with Crippen molar-refractivity contribution in [3.8, 4) is 11.3 Å². The van der Waals surface area contributed by atoms with Crippen LogP contribution >= 0.6 is 11.3 Å². The summed E-state index contributed by atoms with van der Waals surface area (Å²) in [6, 6.07) is 3.70. The highest BCUT2D eigenvalue weighted by molar-refractivity contribution is 7.09. The zero-order chi connectivity index (χ0) is 21.3. The van der Waals surface area contributed by atoms with E-state index in [0.29, 0.717) is 13.1 Å². The van der Waals surface area contributed by atoms with Crippen molar-refractivity contribution in [1.82, 2.24) is 25.9 Å². The number of carbonyl (C=O) groups is 2. The van der Waals surface area contributed by atoms with Crippen LogP contribution in [0.25, 0.3) is 11.3 Å². The van der Waals surface area contributed by atoms with Crippen molar-refractivity contribution in [2.45, 2.75) is 57.0 Å². The Balaban J connectivity index is 1.03. The van der Waals surface area contributed by atoms with Gasteiger partial charge in [0.15, 0.2) is 0 Å². The van der Waals surface area contributed by atoms with Gasteiger partial charge in [0.25, 0.3) is 0 Å². The molecule has 4 aliphatic rings. The smallest absolute Gasteiger partial charge is 0.315 e. The summed E-state index contributed by atoms with van der Waals surface area (Å²) in [5.41, 5.74) is 1.90. The third-order valence-corrected chi connectivity index (χ3v) is 7.87. The van der Waals surface area contributed by atoms with Crippen molar-refractivity contribution in [2.24, 2.45) is 17.8 Å². The van der Waals surface area contributed by atoms with E-state index >= 15 is 0 Å². The largest absolute Gasteiger partial charge is 0.350 e. The van der Waals surface area contributed by atoms with Gasteiger partial charge in [-0.2, -0.15) is 0 Å². The Hall–Kier alpha value is -2.48. The third-order valence-electron chi connectivity index (χ3n) is 7.02. The topological polar surface area (TPSA) is 96.0 Å². The average Bonchev–Trinajstić information content (AvgIpc) is 3.21. The summed E-state index contributed by atoms with van der Waals surface area (Å²) in [5.74, 6) is 2.29. The molecule has 0 spiro atoms. The first-order chi connectivity index (χ1) is 15.1. The quantitative estimate of drug-likeness (QED) is 0.615. The fourth-order valence-corrected chi connectivity index (χ4v) is 6.89. The summed E-state index contributed by atoms with van der Waals surface area (Å²) in [7, 11) is 0. The van der Waals surface area contributed by atoms with Crippen molar-refractivity contribution < 1.29 is 9.59 Å². The van der Waals surface area contributed by atoms with Gasteiger partial charge in [0, 0.05) is 41.8 Å². The van der Waals surface area contributed by atoms with E-state index in [1.54, 1.807) is 12.4 Å². The van der Waals surface area contributed by atoms with Gasteiger partial charge in [0.1, 0.15) is 5.01 Å². The first-order valence-corrected chi connectivity index (χ1v) is 12.1. The van der Waals surface area contributed by atoms with Crippen LogP contribution in [0.4, 0.5) is 4.79 Å². The van der Waals surface area contributed by atoms with Crippen molar-refractivity contribution in [1.29, 1.82) is 0 Å². The molecule has 31 heavy (non-hydrogen) atoms. The molecule has 4 bridgehead atoms. The first kappa shape index (κ1) is 20.4. The molecule has 4 saturated carbocycles. The lowest BCUT2D eigenvalue weighted by atomic mass is 9.53. The summed E-state index contributed by atoms with van der Waals surface area (Å²) in [6.07, 6.45) is 11.2. The Bertz CT molecular complexity index is 909. The van der Waals surface area contributed by atoms with E-state index in [4.69, 9.17) is 0 Å². The van der Waals surface area contributed by atoms with E-state index in [1.165, 1.54) is 30.6 Å². The molecule has 0 atom stereocenters.